The monoisotopic (exact) mass is 184 g/mol. The molecule has 0 bridgehead atoms. The van der Waals surface area contributed by atoms with Crippen molar-refractivity contribution in [3.05, 3.63) is 29.8 Å². The van der Waals surface area contributed by atoms with E-state index in [1.165, 1.54) is 4.41 Å². The summed E-state index contributed by atoms with van der Waals surface area (Å²) < 4.78 is 6.35. The molecule has 0 spiro atoms. The third kappa shape index (κ3) is 2.73. The van der Waals surface area contributed by atoms with Crippen molar-refractivity contribution < 1.29 is 4.74 Å². The van der Waals surface area contributed by atoms with Crippen LogP contribution in [0.4, 0.5) is 0 Å². The summed E-state index contributed by atoms with van der Waals surface area (Å²) in [6.07, 6.45) is 0. The maximum atomic E-state index is 5.36. The van der Waals surface area contributed by atoms with Crippen LogP contribution in [-0.4, -0.2) is 11.5 Å². The first kappa shape index (κ1) is 9.38. The van der Waals surface area contributed by atoms with Crippen LogP contribution in [0.3, 0.4) is 0 Å². The summed E-state index contributed by atoms with van der Waals surface area (Å²) in [6.45, 7) is 0.618. The Kier molecular flexibility index (Phi) is 3.40. The van der Waals surface area contributed by atoms with Crippen molar-refractivity contribution in [2.75, 3.05) is 7.11 Å². The van der Waals surface area contributed by atoms with E-state index >= 15 is 0 Å². The molecular weight excluding hydrogens is 172 g/mol. The van der Waals surface area contributed by atoms with Gasteiger partial charge in [0.15, 0.2) is 0 Å². The lowest BCUT2D eigenvalue weighted by molar-refractivity contribution is 0.414. The standard InChI is InChI=1S/C8H12N2OS/c1-11-8-4-2-7(3-5-8)6-10(9)12/h2-5,12H,6,9H2,1H3. The van der Waals surface area contributed by atoms with Gasteiger partial charge in [-0.25, -0.2) is 0 Å². The SMILES string of the molecule is COc1ccc(CN(N)S)cc1. The van der Waals surface area contributed by atoms with Crippen LogP contribution in [0.15, 0.2) is 24.3 Å². The number of hydrogen-bond donors (Lipinski definition) is 2. The van der Waals surface area contributed by atoms with Gasteiger partial charge in [0.1, 0.15) is 5.75 Å². The molecule has 0 aliphatic heterocycles. The number of thiol groups is 1. The van der Waals surface area contributed by atoms with Crippen molar-refractivity contribution >= 4 is 12.8 Å². The molecule has 3 nitrogen and oxygen atoms in total. The van der Waals surface area contributed by atoms with Crippen LogP contribution in [0.25, 0.3) is 0 Å². The third-order valence-electron chi connectivity index (χ3n) is 1.50. The molecule has 0 aromatic heterocycles. The summed E-state index contributed by atoms with van der Waals surface area (Å²) in [5.41, 5.74) is 1.10. The molecule has 1 aromatic rings. The zero-order valence-corrected chi connectivity index (χ0v) is 7.79. The second-order valence-corrected chi connectivity index (χ2v) is 2.96. The van der Waals surface area contributed by atoms with Crippen molar-refractivity contribution in [2.45, 2.75) is 6.54 Å². The fourth-order valence-corrected chi connectivity index (χ4v) is 1.08. The predicted octanol–water partition coefficient (Wildman–Crippen LogP) is 1.22. The van der Waals surface area contributed by atoms with E-state index in [0.29, 0.717) is 6.54 Å². The molecule has 0 aliphatic carbocycles. The molecule has 0 saturated carbocycles. The zero-order chi connectivity index (χ0) is 8.97. The minimum absolute atomic E-state index is 0.618. The number of rotatable bonds is 3. The topological polar surface area (TPSA) is 38.5 Å². The van der Waals surface area contributed by atoms with Gasteiger partial charge in [0.2, 0.25) is 0 Å². The van der Waals surface area contributed by atoms with Gasteiger partial charge in [-0.2, -0.15) is 4.41 Å². The van der Waals surface area contributed by atoms with Gasteiger partial charge in [-0.15, -0.1) is 0 Å². The number of methoxy groups -OCH3 is 1. The Hall–Kier alpha value is -0.710. The average molecular weight is 184 g/mol. The largest absolute Gasteiger partial charge is 0.497 e. The minimum Gasteiger partial charge on any atom is -0.497 e. The Labute approximate surface area is 77.6 Å². The van der Waals surface area contributed by atoms with E-state index in [1.54, 1.807) is 7.11 Å². The second kappa shape index (κ2) is 4.35. The second-order valence-electron chi connectivity index (χ2n) is 2.45. The molecule has 1 aromatic carbocycles. The van der Waals surface area contributed by atoms with Gasteiger partial charge < -0.3 is 4.74 Å². The number of hydrazine groups is 1. The Morgan fingerprint density at radius 3 is 2.42 bits per heavy atom. The minimum atomic E-state index is 0.618. The van der Waals surface area contributed by atoms with Crippen molar-refractivity contribution in [2.24, 2.45) is 5.84 Å². The van der Waals surface area contributed by atoms with Gasteiger partial charge in [-0.05, 0) is 17.7 Å². The molecule has 0 heterocycles. The summed E-state index contributed by atoms with van der Waals surface area (Å²) >= 11 is 3.94. The molecule has 0 atom stereocenters. The quantitative estimate of drug-likeness (QED) is 0.421. The summed E-state index contributed by atoms with van der Waals surface area (Å²) in [5.74, 6) is 6.21. The Morgan fingerprint density at radius 2 is 2.00 bits per heavy atom. The number of ether oxygens (including phenoxy) is 1. The molecule has 4 heteroatoms. The highest BCUT2D eigenvalue weighted by atomic mass is 32.1. The van der Waals surface area contributed by atoms with E-state index < -0.39 is 0 Å². The van der Waals surface area contributed by atoms with Crippen LogP contribution in [0.2, 0.25) is 0 Å². The van der Waals surface area contributed by atoms with Gasteiger partial charge in [0.05, 0.1) is 7.11 Å². The molecule has 12 heavy (non-hydrogen) atoms. The Morgan fingerprint density at radius 1 is 1.42 bits per heavy atom. The fraction of sp³-hybridized carbons (Fsp3) is 0.250. The Bertz CT molecular complexity index is 235. The molecule has 1 rings (SSSR count). The van der Waals surface area contributed by atoms with Gasteiger partial charge >= 0.3 is 0 Å². The maximum absolute atomic E-state index is 5.36. The summed E-state index contributed by atoms with van der Waals surface area (Å²) in [4.78, 5) is 0. The maximum Gasteiger partial charge on any atom is 0.118 e. The van der Waals surface area contributed by atoms with Gasteiger partial charge in [-0.3, -0.25) is 5.84 Å². The summed E-state index contributed by atoms with van der Waals surface area (Å²) in [5, 5.41) is 0. The lowest BCUT2D eigenvalue weighted by Crippen LogP contribution is -2.18. The van der Waals surface area contributed by atoms with E-state index in [2.05, 4.69) is 12.8 Å². The first-order valence-corrected chi connectivity index (χ1v) is 3.96. The van der Waals surface area contributed by atoms with E-state index in [0.717, 1.165) is 11.3 Å². The average Bonchev–Trinajstić information content (AvgIpc) is 2.05. The highest BCUT2D eigenvalue weighted by Crippen LogP contribution is 2.12. The highest BCUT2D eigenvalue weighted by Gasteiger charge is 1.95. The van der Waals surface area contributed by atoms with Gasteiger partial charge in [0, 0.05) is 6.54 Å². The van der Waals surface area contributed by atoms with E-state index in [4.69, 9.17) is 10.6 Å². The number of nitrogens with two attached hydrogens (primary N) is 1. The van der Waals surface area contributed by atoms with Gasteiger partial charge in [0.25, 0.3) is 0 Å². The van der Waals surface area contributed by atoms with E-state index in [1.807, 2.05) is 24.3 Å². The molecule has 0 saturated heterocycles. The zero-order valence-electron chi connectivity index (χ0n) is 6.90. The van der Waals surface area contributed by atoms with Crippen LogP contribution in [-0.2, 0) is 6.54 Å². The Balaban J connectivity index is 2.65. The lowest BCUT2D eigenvalue weighted by atomic mass is 10.2. The number of hydrogen-bond acceptors (Lipinski definition) is 4. The summed E-state index contributed by atoms with van der Waals surface area (Å²) in [6, 6.07) is 7.70. The number of nitrogens with zero attached hydrogens (tertiary/aromatic N) is 1. The highest BCUT2D eigenvalue weighted by molar-refractivity contribution is 7.77. The fourth-order valence-electron chi connectivity index (χ4n) is 0.918. The third-order valence-corrected chi connectivity index (χ3v) is 1.65. The van der Waals surface area contributed by atoms with Crippen LogP contribution < -0.4 is 10.6 Å². The van der Waals surface area contributed by atoms with Crippen LogP contribution in [0.5, 0.6) is 5.75 Å². The molecule has 0 radical (unpaired) electrons. The molecule has 2 N–H and O–H groups in total. The van der Waals surface area contributed by atoms with Crippen molar-refractivity contribution in [3.8, 4) is 5.75 Å². The van der Waals surface area contributed by atoms with Crippen molar-refractivity contribution in [3.63, 3.8) is 0 Å². The first-order chi connectivity index (χ1) is 5.72. The molecule has 66 valence electrons. The van der Waals surface area contributed by atoms with E-state index in [-0.39, 0.29) is 0 Å². The van der Waals surface area contributed by atoms with Crippen LogP contribution in [0.1, 0.15) is 5.56 Å². The van der Waals surface area contributed by atoms with Gasteiger partial charge in [-0.1, -0.05) is 24.9 Å². The van der Waals surface area contributed by atoms with Crippen molar-refractivity contribution in [1.82, 2.24) is 4.41 Å². The summed E-state index contributed by atoms with van der Waals surface area (Å²) in [7, 11) is 1.64. The molecule has 0 aliphatic rings. The van der Waals surface area contributed by atoms with Crippen molar-refractivity contribution in [1.29, 1.82) is 0 Å². The molecule has 0 amide bonds. The molecular formula is C8H12N2OS. The molecule has 0 unspecified atom stereocenters. The van der Waals surface area contributed by atoms with Crippen LogP contribution >= 0.6 is 12.8 Å². The normalized spacial score (nSPS) is 10.3. The molecule has 0 fully saturated rings. The van der Waals surface area contributed by atoms with E-state index in [9.17, 15) is 0 Å². The lowest BCUT2D eigenvalue weighted by Gasteiger charge is -2.08. The predicted molar refractivity (Wildman–Crippen MR) is 51.7 cm³/mol. The van der Waals surface area contributed by atoms with Crippen LogP contribution in [0, 0.1) is 0 Å². The number of benzene rings is 1. The smallest absolute Gasteiger partial charge is 0.118 e. The first-order valence-electron chi connectivity index (χ1n) is 3.56.